The Bertz CT molecular complexity index is 508. The lowest BCUT2D eigenvalue weighted by Gasteiger charge is -2.05. The number of ether oxygens (including phenoxy) is 1. The molecule has 0 radical (unpaired) electrons. The monoisotopic (exact) mass is 255 g/mol. The second kappa shape index (κ2) is 5.44. The zero-order valence-electron chi connectivity index (χ0n) is 10.4. The molecule has 0 aliphatic rings. The average Bonchev–Trinajstić information content (AvgIpc) is 2.56. The molecule has 0 saturated carbocycles. The third kappa shape index (κ3) is 2.93. The summed E-state index contributed by atoms with van der Waals surface area (Å²) >= 11 is 0. The van der Waals surface area contributed by atoms with E-state index in [9.17, 15) is 14.0 Å². The van der Waals surface area contributed by atoms with Gasteiger partial charge in [-0.15, -0.1) is 0 Å². The molecule has 0 spiro atoms. The Balaban J connectivity index is 2.97. The second-order valence-electron chi connectivity index (χ2n) is 3.64. The van der Waals surface area contributed by atoms with Gasteiger partial charge in [0.05, 0.1) is 24.2 Å². The van der Waals surface area contributed by atoms with Crippen molar-refractivity contribution in [2.24, 2.45) is 0 Å². The van der Waals surface area contributed by atoms with Crippen molar-refractivity contribution < 1.29 is 18.7 Å². The molecule has 18 heavy (non-hydrogen) atoms. The van der Waals surface area contributed by atoms with E-state index in [1.807, 2.05) is 0 Å². The summed E-state index contributed by atoms with van der Waals surface area (Å²) in [5.41, 5.74) is 1.38. The number of esters is 1. The molecule has 1 aromatic heterocycles. The van der Waals surface area contributed by atoms with Crippen molar-refractivity contribution in [1.82, 2.24) is 9.78 Å². The van der Waals surface area contributed by atoms with Gasteiger partial charge in [0.15, 0.2) is 5.83 Å². The summed E-state index contributed by atoms with van der Waals surface area (Å²) in [5, 5.41) is 6.40. The fourth-order valence-corrected chi connectivity index (χ4v) is 1.40. The predicted octanol–water partition coefficient (Wildman–Crippen LogP) is 1.09. The SMILES string of the molecule is C=C(F)C(=O)Nc1c(C)nn(CC(=O)OC)c1C. The molecule has 1 N–H and O–H groups in total. The predicted molar refractivity (Wildman–Crippen MR) is 62.6 cm³/mol. The van der Waals surface area contributed by atoms with Crippen molar-refractivity contribution in [2.45, 2.75) is 20.4 Å². The number of nitrogens with one attached hydrogen (secondary N) is 1. The molecule has 0 aliphatic carbocycles. The van der Waals surface area contributed by atoms with E-state index in [2.05, 4.69) is 21.7 Å². The largest absolute Gasteiger partial charge is 0.468 e. The van der Waals surface area contributed by atoms with Gasteiger partial charge < -0.3 is 10.1 Å². The van der Waals surface area contributed by atoms with Crippen LogP contribution in [0, 0.1) is 13.8 Å². The number of anilines is 1. The first-order valence-corrected chi connectivity index (χ1v) is 5.13. The minimum atomic E-state index is -1.09. The number of halogens is 1. The van der Waals surface area contributed by atoms with E-state index in [0.29, 0.717) is 17.1 Å². The molecular formula is C11H14FN3O3. The molecule has 0 bridgehead atoms. The van der Waals surface area contributed by atoms with Gasteiger partial charge in [-0.3, -0.25) is 14.3 Å². The highest BCUT2D eigenvalue weighted by Crippen LogP contribution is 2.20. The molecular weight excluding hydrogens is 241 g/mol. The Hall–Kier alpha value is -2.18. The van der Waals surface area contributed by atoms with Crippen LogP contribution >= 0.6 is 0 Å². The third-order valence-corrected chi connectivity index (χ3v) is 2.37. The molecule has 0 fully saturated rings. The Morgan fingerprint density at radius 2 is 2.11 bits per heavy atom. The number of aromatic nitrogens is 2. The molecule has 0 atom stereocenters. The first-order chi connectivity index (χ1) is 8.36. The van der Waals surface area contributed by atoms with Crippen molar-refractivity contribution in [3.8, 4) is 0 Å². The lowest BCUT2D eigenvalue weighted by atomic mass is 10.3. The minimum Gasteiger partial charge on any atom is -0.468 e. The summed E-state index contributed by atoms with van der Waals surface area (Å²) < 4.78 is 18.5. The quantitative estimate of drug-likeness (QED) is 0.645. The fraction of sp³-hybridized carbons (Fsp3) is 0.364. The smallest absolute Gasteiger partial charge is 0.327 e. The lowest BCUT2D eigenvalue weighted by molar-refractivity contribution is -0.141. The molecule has 1 heterocycles. The molecule has 98 valence electrons. The Morgan fingerprint density at radius 3 is 2.61 bits per heavy atom. The molecule has 0 aromatic carbocycles. The van der Waals surface area contributed by atoms with E-state index in [1.54, 1.807) is 13.8 Å². The number of carbonyl (C=O) groups is 2. The maximum absolute atomic E-state index is 12.6. The van der Waals surface area contributed by atoms with Crippen LogP contribution in [0.5, 0.6) is 0 Å². The molecule has 1 amide bonds. The van der Waals surface area contributed by atoms with Crippen LogP contribution in [-0.2, 0) is 20.9 Å². The number of aryl methyl sites for hydroxylation is 1. The van der Waals surface area contributed by atoms with Crippen molar-refractivity contribution in [3.63, 3.8) is 0 Å². The zero-order valence-corrected chi connectivity index (χ0v) is 10.4. The Kier molecular flexibility index (Phi) is 4.19. The third-order valence-electron chi connectivity index (χ3n) is 2.37. The van der Waals surface area contributed by atoms with Gasteiger partial charge in [-0.05, 0) is 13.8 Å². The van der Waals surface area contributed by atoms with Crippen molar-refractivity contribution >= 4 is 17.6 Å². The number of hydrogen-bond acceptors (Lipinski definition) is 4. The van der Waals surface area contributed by atoms with Gasteiger partial charge in [-0.2, -0.15) is 5.10 Å². The zero-order chi connectivity index (χ0) is 13.9. The van der Waals surface area contributed by atoms with Crippen LogP contribution in [0.2, 0.25) is 0 Å². The molecule has 1 aromatic rings. The van der Waals surface area contributed by atoms with E-state index >= 15 is 0 Å². The van der Waals surface area contributed by atoms with Crippen LogP contribution in [0.15, 0.2) is 12.4 Å². The second-order valence-corrected chi connectivity index (χ2v) is 3.64. The first-order valence-electron chi connectivity index (χ1n) is 5.13. The van der Waals surface area contributed by atoms with Crippen molar-refractivity contribution in [3.05, 3.63) is 23.8 Å². The van der Waals surface area contributed by atoms with E-state index in [0.717, 1.165) is 0 Å². The highest BCUT2D eigenvalue weighted by atomic mass is 19.1. The van der Waals surface area contributed by atoms with Gasteiger partial charge in [-0.1, -0.05) is 6.58 Å². The van der Waals surface area contributed by atoms with Crippen molar-refractivity contribution in [1.29, 1.82) is 0 Å². The average molecular weight is 255 g/mol. The van der Waals surface area contributed by atoms with Crippen LogP contribution in [0.3, 0.4) is 0 Å². The molecule has 7 heteroatoms. The summed E-state index contributed by atoms with van der Waals surface area (Å²) in [5.74, 6) is -2.48. The molecule has 0 saturated heterocycles. The standard InChI is InChI=1S/C11H14FN3O3/c1-6(12)11(17)13-10-7(2)14-15(8(10)3)5-9(16)18-4/h1,5H2,2-4H3,(H,13,17). The summed E-state index contributed by atoms with van der Waals surface area (Å²) in [6.07, 6.45) is 0. The molecule has 6 nitrogen and oxygen atoms in total. The topological polar surface area (TPSA) is 73.2 Å². The summed E-state index contributed by atoms with van der Waals surface area (Å²) in [7, 11) is 1.27. The highest BCUT2D eigenvalue weighted by Gasteiger charge is 2.17. The van der Waals surface area contributed by atoms with Gasteiger partial charge in [0.2, 0.25) is 0 Å². The summed E-state index contributed by atoms with van der Waals surface area (Å²) in [6, 6.07) is 0. The van der Waals surface area contributed by atoms with Gasteiger partial charge in [0, 0.05) is 0 Å². The van der Waals surface area contributed by atoms with Crippen LogP contribution in [-0.4, -0.2) is 28.8 Å². The van der Waals surface area contributed by atoms with Crippen LogP contribution < -0.4 is 5.32 Å². The normalized spacial score (nSPS) is 10.0. The lowest BCUT2D eigenvalue weighted by Crippen LogP contribution is -2.15. The number of amides is 1. The van der Waals surface area contributed by atoms with E-state index in [4.69, 9.17) is 0 Å². The number of nitrogens with zero attached hydrogens (tertiary/aromatic N) is 2. The van der Waals surface area contributed by atoms with E-state index in [-0.39, 0.29) is 6.54 Å². The van der Waals surface area contributed by atoms with Crippen molar-refractivity contribution in [2.75, 3.05) is 12.4 Å². The Morgan fingerprint density at radius 1 is 1.50 bits per heavy atom. The van der Waals surface area contributed by atoms with Gasteiger partial charge in [0.25, 0.3) is 5.91 Å². The molecule has 1 rings (SSSR count). The highest BCUT2D eigenvalue weighted by molar-refractivity contribution is 6.02. The van der Waals surface area contributed by atoms with Gasteiger partial charge in [0.1, 0.15) is 6.54 Å². The first kappa shape index (κ1) is 13.9. The Labute approximate surface area is 103 Å². The maximum atomic E-state index is 12.6. The maximum Gasteiger partial charge on any atom is 0.327 e. The number of methoxy groups -OCH3 is 1. The summed E-state index contributed by atoms with van der Waals surface area (Å²) in [4.78, 5) is 22.3. The van der Waals surface area contributed by atoms with Crippen LogP contribution in [0.1, 0.15) is 11.4 Å². The van der Waals surface area contributed by atoms with E-state index < -0.39 is 17.7 Å². The minimum absolute atomic E-state index is 0.0738. The molecule has 0 unspecified atom stereocenters. The van der Waals surface area contributed by atoms with Crippen LogP contribution in [0.4, 0.5) is 10.1 Å². The van der Waals surface area contributed by atoms with E-state index in [1.165, 1.54) is 11.8 Å². The van der Waals surface area contributed by atoms with Gasteiger partial charge in [-0.25, -0.2) is 4.39 Å². The van der Waals surface area contributed by atoms with Gasteiger partial charge >= 0.3 is 5.97 Å². The fourth-order valence-electron chi connectivity index (χ4n) is 1.40. The number of hydrogen-bond donors (Lipinski definition) is 1. The number of rotatable bonds is 4. The molecule has 0 aliphatic heterocycles. The number of carbonyl (C=O) groups excluding carboxylic acids is 2. The van der Waals surface area contributed by atoms with Crippen LogP contribution in [0.25, 0.3) is 0 Å². The summed E-state index contributed by atoms with van der Waals surface area (Å²) in [6.45, 7) is 6.11.